The van der Waals surface area contributed by atoms with E-state index in [1.807, 2.05) is 6.07 Å². The monoisotopic (exact) mass is 331 g/mol. The number of H-pyrrole nitrogens is 1. The van der Waals surface area contributed by atoms with E-state index >= 15 is 0 Å². The second kappa shape index (κ2) is 6.59. The minimum atomic E-state index is -0.763. The molecule has 1 aromatic carbocycles. The van der Waals surface area contributed by atoms with Gasteiger partial charge in [-0.3, -0.25) is 9.78 Å². The third-order valence-electron chi connectivity index (χ3n) is 3.41. The predicted molar refractivity (Wildman–Crippen MR) is 87.5 cm³/mol. The number of rotatable bonds is 5. The van der Waals surface area contributed by atoms with Crippen LogP contribution in [0.4, 0.5) is 17.5 Å². The summed E-state index contributed by atoms with van der Waals surface area (Å²) < 4.78 is 10.7. The van der Waals surface area contributed by atoms with Gasteiger partial charge in [0.15, 0.2) is 5.82 Å². The number of hydrogen-bond donors (Lipinski definition) is 3. The molecular formula is C15H17N5O4. The largest absolute Gasteiger partial charge is 0.432 e. The number of nitrogens with one attached hydrogen (secondary N) is 2. The van der Waals surface area contributed by atoms with E-state index in [1.54, 1.807) is 36.1 Å². The van der Waals surface area contributed by atoms with E-state index in [0.29, 0.717) is 23.7 Å². The minimum absolute atomic E-state index is 0.0241. The van der Waals surface area contributed by atoms with E-state index in [0.717, 1.165) is 0 Å². The summed E-state index contributed by atoms with van der Waals surface area (Å²) in [7, 11) is 0. The van der Waals surface area contributed by atoms with E-state index in [9.17, 15) is 9.59 Å². The number of ether oxygens (including phenoxy) is 2. The first-order valence-electron chi connectivity index (χ1n) is 7.31. The molecule has 24 heavy (non-hydrogen) atoms. The van der Waals surface area contributed by atoms with Gasteiger partial charge in [-0.2, -0.15) is 4.98 Å². The molecule has 1 atom stereocenters. The first-order valence-corrected chi connectivity index (χ1v) is 7.31. The molecule has 0 amide bonds. The molecule has 3 rings (SSSR count). The lowest BCUT2D eigenvalue weighted by Gasteiger charge is -2.20. The SMILES string of the molecule is CC(OCN1CNc2c1nc(N)[nH]c2=O)OC(=O)c1ccccc1. The fraction of sp³-hybridized carbons (Fsp3) is 0.267. The molecule has 0 spiro atoms. The second-order valence-electron chi connectivity index (χ2n) is 5.16. The summed E-state index contributed by atoms with van der Waals surface area (Å²) in [6.07, 6.45) is -0.763. The number of esters is 1. The lowest BCUT2D eigenvalue weighted by Crippen LogP contribution is -2.30. The molecule has 1 aliphatic rings. The standard InChI is InChI=1S/C15H17N5O4/c1-9(24-14(22)10-5-3-2-4-6-10)23-8-20-7-17-11-12(20)18-15(16)19-13(11)21/h2-6,9,17H,7-8H2,1H3,(H3,16,18,19,21). The van der Waals surface area contributed by atoms with Crippen LogP contribution in [-0.4, -0.2) is 35.6 Å². The maximum Gasteiger partial charge on any atom is 0.340 e. The molecule has 0 saturated carbocycles. The molecule has 9 heteroatoms. The Labute approximate surface area is 137 Å². The van der Waals surface area contributed by atoms with Crippen LogP contribution in [0.2, 0.25) is 0 Å². The summed E-state index contributed by atoms with van der Waals surface area (Å²) in [5, 5.41) is 2.91. The van der Waals surface area contributed by atoms with E-state index in [1.165, 1.54) is 0 Å². The highest BCUT2D eigenvalue weighted by atomic mass is 16.7. The van der Waals surface area contributed by atoms with Crippen LogP contribution in [0.15, 0.2) is 35.1 Å². The summed E-state index contributed by atoms with van der Waals surface area (Å²) >= 11 is 0. The molecule has 2 aromatic rings. The highest BCUT2D eigenvalue weighted by Crippen LogP contribution is 2.25. The van der Waals surface area contributed by atoms with Gasteiger partial charge in [0.2, 0.25) is 12.2 Å². The number of anilines is 3. The van der Waals surface area contributed by atoms with Crippen LogP contribution >= 0.6 is 0 Å². The molecule has 1 aromatic heterocycles. The van der Waals surface area contributed by atoms with Crippen molar-refractivity contribution in [3.63, 3.8) is 0 Å². The molecule has 4 N–H and O–H groups in total. The van der Waals surface area contributed by atoms with Gasteiger partial charge in [-0.05, 0) is 19.1 Å². The highest BCUT2D eigenvalue weighted by Gasteiger charge is 2.24. The Balaban J connectivity index is 1.58. The van der Waals surface area contributed by atoms with Crippen molar-refractivity contribution in [1.29, 1.82) is 0 Å². The third kappa shape index (κ3) is 3.30. The van der Waals surface area contributed by atoms with Crippen LogP contribution in [0.3, 0.4) is 0 Å². The van der Waals surface area contributed by atoms with Crippen molar-refractivity contribution in [2.45, 2.75) is 13.2 Å². The van der Waals surface area contributed by atoms with Gasteiger partial charge >= 0.3 is 5.97 Å². The van der Waals surface area contributed by atoms with Gasteiger partial charge in [0, 0.05) is 0 Å². The predicted octanol–water partition coefficient (Wildman–Crippen LogP) is 0.719. The second-order valence-corrected chi connectivity index (χ2v) is 5.16. The molecular weight excluding hydrogens is 314 g/mol. The summed E-state index contributed by atoms with van der Waals surface area (Å²) in [5.41, 5.74) is 5.99. The molecule has 2 heterocycles. The Morgan fingerprint density at radius 1 is 1.42 bits per heavy atom. The van der Waals surface area contributed by atoms with Gasteiger partial charge in [-0.25, -0.2) is 4.79 Å². The van der Waals surface area contributed by atoms with Crippen molar-refractivity contribution in [1.82, 2.24) is 9.97 Å². The normalized spacial score (nSPS) is 14.0. The van der Waals surface area contributed by atoms with Crippen molar-refractivity contribution in [3.05, 3.63) is 46.2 Å². The Morgan fingerprint density at radius 3 is 2.92 bits per heavy atom. The number of aromatic amines is 1. The van der Waals surface area contributed by atoms with E-state index in [2.05, 4.69) is 15.3 Å². The quantitative estimate of drug-likeness (QED) is 0.541. The molecule has 0 bridgehead atoms. The molecule has 0 aliphatic carbocycles. The van der Waals surface area contributed by atoms with Gasteiger partial charge in [-0.1, -0.05) is 18.2 Å². The lowest BCUT2D eigenvalue weighted by atomic mass is 10.2. The Hall–Kier alpha value is -3.07. The maximum atomic E-state index is 11.9. The molecule has 1 unspecified atom stereocenters. The van der Waals surface area contributed by atoms with Crippen molar-refractivity contribution < 1.29 is 14.3 Å². The molecule has 9 nitrogen and oxygen atoms in total. The van der Waals surface area contributed by atoms with E-state index in [4.69, 9.17) is 15.2 Å². The number of carbonyl (C=O) groups is 1. The number of benzene rings is 1. The Bertz CT molecular complexity index is 792. The van der Waals surface area contributed by atoms with Crippen LogP contribution < -0.4 is 21.5 Å². The fourth-order valence-corrected chi connectivity index (χ4v) is 2.24. The van der Waals surface area contributed by atoms with Gasteiger partial charge in [0.05, 0.1) is 12.2 Å². The third-order valence-corrected chi connectivity index (χ3v) is 3.41. The van der Waals surface area contributed by atoms with Crippen LogP contribution in [0, 0.1) is 0 Å². The number of nitrogens with two attached hydrogens (primary N) is 1. The first-order chi connectivity index (χ1) is 11.5. The highest BCUT2D eigenvalue weighted by molar-refractivity contribution is 5.89. The first kappa shape index (κ1) is 15.8. The molecule has 1 aliphatic heterocycles. The number of carbonyl (C=O) groups excluding carboxylic acids is 1. The van der Waals surface area contributed by atoms with Crippen LogP contribution in [0.1, 0.15) is 17.3 Å². The number of fused-ring (bicyclic) bond motifs is 1. The average Bonchev–Trinajstić information content (AvgIpc) is 2.97. The van der Waals surface area contributed by atoms with Crippen LogP contribution in [0.25, 0.3) is 0 Å². The van der Waals surface area contributed by atoms with Crippen LogP contribution in [0.5, 0.6) is 0 Å². The lowest BCUT2D eigenvalue weighted by molar-refractivity contribution is -0.0972. The van der Waals surface area contributed by atoms with Gasteiger partial charge in [0.1, 0.15) is 12.4 Å². The van der Waals surface area contributed by atoms with E-state index in [-0.39, 0.29) is 18.2 Å². The van der Waals surface area contributed by atoms with E-state index < -0.39 is 12.3 Å². The smallest absolute Gasteiger partial charge is 0.340 e. The zero-order valence-corrected chi connectivity index (χ0v) is 13.0. The number of aromatic nitrogens is 2. The van der Waals surface area contributed by atoms with Crippen molar-refractivity contribution in [2.75, 3.05) is 29.3 Å². The molecule has 126 valence electrons. The van der Waals surface area contributed by atoms with Crippen LogP contribution in [-0.2, 0) is 9.47 Å². The molecule has 0 saturated heterocycles. The number of nitrogens with zero attached hydrogens (tertiary/aromatic N) is 2. The minimum Gasteiger partial charge on any atom is -0.432 e. The fourth-order valence-electron chi connectivity index (χ4n) is 2.24. The number of hydrogen-bond acceptors (Lipinski definition) is 8. The number of nitrogen functional groups attached to an aromatic ring is 1. The van der Waals surface area contributed by atoms with Gasteiger partial charge in [-0.15, -0.1) is 0 Å². The summed E-state index contributed by atoms with van der Waals surface area (Å²) in [5.74, 6) is -0.0456. The maximum absolute atomic E-state index is 11.9. The summed E-state index contributed by atoms with van der Waals surface area (Å²) in [6.45, 7) is 2.04. The van der Waals surface area contributed by atoms with Crippen molar-refractivity contribution >= 4 is 23.4 Å². The van der Waals surface area contributed by atoms with Crippen molar-refractivity contribution in [2.24, 2.45) is 0 Å². The zero-order valence-electron chi connectivity index (χ0n) is 13.0. The molecule has 0 fully saturated rings. The Kier molecular flexibility index (Phi) is 4.34. The van der Waals surface area contributed by atoms with Gasteiger partial charge < -0.3 is 25.4 Å². The average molecular weight is 331 g/mol. The zero-order chi connectivity index (χ0) is 17.1. The topological polar surface area (TPSA) is 123 Å². The van der Waals surface area contributed by atoms with Gasteiger partial charge in [0.25, 0.3) is 5.56 Å². The summed E-state index contributed by atoms with van der Waals surface area (Å²) in [4.78, 5) is 31.8. The summed E-state index contributed by atoms with van der Waals surface area (Å²) in [6, 6.07) is 8.64. The Morgan fingerprint density at radius 2 is 2.17 bits per heavy atom. The molecule has 0 radical (unpaired) electrons. The van der Waals surface area contributed by atoms with Crippen molar-refractivity contribution in [3.8, 4) is 0 Å².